The van der Waals surface area contributed by atoms with E-state index in [1.807, 2.05) is 17.2 Å². The first-order chi connectivity index (χ1) is 8.34. The van der Waals surface area contributed by atoms with Crippen LogP contribution in [-0.2, 0) is 4.79 Å². The van der Waals surface area contributed by atoms with Gasteiger partial charge in [0.2, 0.25) is 5.91 Å². The molecular weight excluding hydrogens is 247 g/mol. The lowest BCUT2D eigenvalue weighted by atomic mass is 9.95. The lowest BCUT2D eigenvalue weighted by Gasteiger charge is -2.37. The summed E-state index contributed by atoms with van der Waals surface area (Å²) in [6.45, 7) is 2.55. The van der Waals surface area contributed by atoms with Crippen molar-refractivity contribution in [3.05, 3.63) is 0 Å². The van der Waals surface area contributed by atoms with Gasteiger partial charge in [-0.2, -0.15) is 13.2 Å². The zero-order chi connectivity index (χ0) is 13.8. The Bertz CT molecular complexity index is 283. The number of halogens is 3. The van der Waals surface area contributed by atoms with Crippen LogP contribution in [0, 0.1) is 5.92 Å². The van der Waals surface area contributed by atoms with Crippen molar-refractivity contribution in [2.24, 2.45) is 11.8 Å². The van der Waals surface area contributed by atoms with Crippen molar-refractivity contribution in [2.75, 3.05) is 13.1 Å². The second-order valence-electron chi connectivity index (χ2n) is 4.83. The van der Waals surface area contributed by atoms with Crippen LogP contribution in [0.4, 0.5) is 13.2 Å². The van der Waals surface area contributed by atoms with Crippen LogP contribution < -0.4 is 11.3 Å². The van der Waals surface area contributed by atoms with E-state index in [2.05, 4.69) is 0 Å². The van der Waals surface area contributed by atoms with Crippen LogP contribution in [0.1, 0.15) is 32.6 Å². The average molecular weight is 267 g/mol. The fraction of sp³-hybridized carbons (Fsp3) is 0.909. The van der Waals surface area contributed by atoms with Crippen molar-refractivity contribution in [1.29, 1.82) is 0 Å². The summed E-state index contributed by atoms with van der Waals surface area (Å²) in [5, 5.41) is 0. The van der Waals surface area contributed by atoms with Gasteiger partial charge in [-0.05, 0) is 32.7 Å². The van der Waals surface area contributed by atoms with Crippen LogP contribution in [0.25, 0.3) is 0 Å². The maximum atomic E-state index is 12.6. The summed E-state index contributed by atoms with van der Waals surface area (Å²) in [6.07, 6.45) is -2.60. The van der Waals surface area contributed by atoms with Gasteiger partial charge in [-0.3, -0.25) is 10.2 Å². The number of likely N-dealkylation sites (tertiary alicyclic amines) is 1. The molecule has 18 heavy (non-hydrogen) atoms. The molecule has 7 heteroatoms. The standard InChI is InChI=1S/C11H20F3N3O/c1-8(4-5-10(18)16-15)17-6-2-3-9(7-17)11(12,13)14/h8-9H,2-7,15H2,1H3,(H,16,18). The van der Waals surface area contributed by atoms with E-state index in [4.69, 9.17) is 5.84 Å². The Morgan fingerprint density at radius 1 is 1.56 bits per heavy atom. The monoisotopic (exact) mass is 267 g/mol. The van der Waals surface area contributed by atoms with Crippen molar-refractivity contribution in [2.45, 2.75) is 44.8 Å². The molecule has 0 aromatic carbocycles. The molecule has 1 aliphatic heterocycles. The van der Waals surface area contributed by atoms with Crippen LogP contribution in [0.2, 0.25) is 0 Å². The molecule has 1 rings (SSSR count). The second-order valence-corrected chi connectivity index (χ2v) is 4.83. The number of amides is 1. The molecular formula is C11H20F3N3O. The normalized spacial score (nSPS) is 23.7. The molecule has 4 nitrogen and oxygen atoms in total. The quantitative estimate of drug-likeness (QED) is 0.460. The van der Waals surface area contributed by atoms with Crippen molar-refractivity contribution >= 4 is 5.91 Å². The highest BCUT2D eigenvalue weighted by Crippen LogP contribution is 2.33. The van der Waals surface area contributed by atoms with E-state index in [1.165, 1.54) is 0 Å². The third-order valence-electron chi connectivity index (χ3n) is 3.49. The van der Waals surface area contributed by atoms with Gasteiger partial charge in [0.05, 0.1) is 5.92 Å². The van der Waals surface area contributed by atoms with Crippen molar-refractivity contribution < 1.29 is 18.0 Å². The molecule has 106 valence electrons. The molecule has 0 radical (unpaired) electrons. The first-order valence-corrected chi connectivity index (χ1v) is 6.14. The maximum Gasteiger partial charge on any atom is 0.393 e. The molecule has 0 aromatic heterocycles. The minimum atomic E-state index is -4.12. The first-order valence-electron chi connectivity index (χ1n) is 6.14. The molecule has 1 amide bonds. The first kappa shape index (κ1) is 15.2. The highest BCUT2D eigenvalue weighted by atomic mass is 19.4. The molecule has 0 aromatic rings. The summed E-state index contributed by atoms with van der Waals surface area (Å²) in [6, 6.07) is -0.0348. The van der Waals surface area contributed by atoms with Gasteiger partial charge in [0.15, 0.2) is 0 Å². The molecule has 2 unspecified atom stereocenters. The topological polar surface area (TPSA) is 58.4 Å². The van der Waals surface area contributed by atoms with E-state index >= 15 is 0 Å². The van der Waals surface area contributed by atoms with Gasteiger partial charge >= 0.3 is 6.18 Å². The third-order valence-corrected chi connectivity index (χ3v) is 3.49. The smallest absolute Gasteiger partial charge is 0.300 e. The minimum absolute atomic E-state index is 0.0348. The van der Waals surface area contributed by atoms with Gasteiger partial charge in [-0.15, -0.1) is 0 Å². The molecule has 0 aliphatic carbocycles. The van der Waals surface area contributed by atoms with E-state index in [-0.39, 0.29) is 31.3 Å². The van der Waals surface area contributed by atoms with E-state index in [0.717, 1.165) is 0 Å². The third kappa shape index (κ3) is 4.45. The number of nitrogens with one attached hydrogen (secondary N) is 1. The SMILES string of the molecule is CC(CCC(=O)NN)N1CCCC(C(F)(F)F)C1. The fourth-order valence-corrected chi connectivity index (χ4v) is 2.27. The maximum absolute atomic E-state index is 12.6. The highest BCUT2D eigenvalue weighted by Gasteiger charge is 2.42. The van der Waals surface area contributed by atoms with Crippen LogP contribution in [-0.4, -0.2) is 36.1 Å². The fourth-order valence-electron chi connectivity index (χ4n) is 2.27. The Hall–Kier alpha value is -0.820. The number of piperidine rings is 1. The number of nitrogens with zero attached hydrogens (tertiary/aromatic N) is 1. The van der Waals surface area contributed by atoms with E-state index in [0.29, 0.717) is 19.4 Å². The lowest BCUT2D eigenvalue weighted by molar-refractivity contribution is -0.188. The molecule has 1 heterocycles. The van der Waals surface area contributed by atoms with Gasteiger partial charge in [0.1, 0.15) is 0 Å². The Morgan fingerprint density at radius 3 is 2.78 bits per heavy atom. The Labute approximate surface area is 105 Å². The summed E-state index contributed by atoms with van der Waals surface area (Å²) in [5.74, 6) is 3.43. The van der Waals surface area contributed by atoms with Gasteiger partial charge in [-0.25, -0.2) is 5.84 Å². The molecule has 0 saturated carbocycles. The number of nitrogens with two attached hydrogens (primary N) is 1. The van der Waals surface area contributed by atoms with Gasteiger partial charge in [0, 0.05) is 19.0 Å². The van der Waals surface area contributed by atoms with Crippen molar-refractivity contribution in [3.8, 4) is 0 Å². The molecule has 2 atom stereocenters. The number of alkyl halides is 3. The summed E-state index contributed by atoms with van der Waals surface area (Å²) >= 11 is 0. The van der Waals surface area contributed by atoms with E-state index in [1.54, 1.807) is 0 Å². The number of rotatable bonds is 4. The number of hydrogen-bond donors (Lipinski definition) is 2. The molecule has 0 bridgehead atoms. The van der Waals surface area contributed by atoms with Gasteiger partial charge < -0.3 is 4.90 Å². The molecule has 1 aliphatic rings. The Balaban J connectivity index is 2.43. The summed E-state index contributed by atoms with van der Waals surface area (Å²) < 4.78 is 37.9. The summed E-state index contributed by atoms with van der Waals surface area (Å²) in [4.78, 5) is 12.8. The number of carbonyl (C=O) groups is 1. The van der Waals surface area contributed by atoms with Crippen molar-refractivity contribution in [1.82, 2.24) is 10.3 Å². The number of hydrazine groups is 1. The molecule has 1 fully saturated rings. The molecule has 3 N–H and O–H groups in total. The summed E-state index contributed by atoms with van der Waals surface area (Å²) in [7, 11) is 0. The van der Waals surface area contributed by atoms with Crippen LogP contribution in [0.5, 0.6) is 0 Å². The number of hydrogen-bond acceptors (Lipinski definition) is 3. The van der Waals surface area contributed by atoms with Crippen LogP contribution >= 0.6 is 0 Å². The van der Waals surface area contributed by atoms with Crippen LogP contribution in [0.15, 0.2) is 0 Å². The highest BCUT2D eigenvalue weighted by molar-refractivity contribution is 5.75. The lowest BCUT2D eigenvalue weighted by Crippen LogP contribution is -2.46. The largest absolute Gasteiger partial charge is 0.393 e. The predicted molar refractivity (Wildman–Crippen MR) is 61.4 cm³/mol. The second kappa shape index (κ2) is 6.38. The van der Waals surface area contributed by atoms with Gasteiger partial charge in [0.25, 0.3) is 0 Å². The zero-order valence-electron chi connectivity index (χ0n) is 10.5. The predicted octanol–water partition coefficient (Wildman–Crippen LogP) is 1.42. The minimum Gasteiger partial charge on any atom is -0.300 e. The van der Waals surface area contributed by atoms with E-state index < -0.39 is 12.1 Å². The van der Waals surface area contributed by atoms with Crippen molar-refractivity contribution in [3.63, 3.8) is 0 Å². The average Bonchev–Trinajstić information content (AvgIpc) is 2.34. The molecule has 1 saturated heterocycles. The number of carbonyl (C=O) groups excluding carboxylic acids is 1. The Morgan fingerprint density at radius 2 is 2.22 bits per heavy atom. The Kier molecular flexibility index (Phi) is 5.40. The van der Waals surface area contributed by atoms with Gasteiger partial charge in [-0.1, -0.05) is 0 Å². The molecule has 0 spiro atoms. The zero-order valence-corrected chi connectivity index (χ0v) is 10.5. The van der Waals surface area contributed by atoms with Crippen LogP contribution in [0.3, 0.4) is 0 Å². The summed E-state index contributed by atoms with van der Waals surface area (Å²) in [5.41, 5.74) is 2.02. The van der Waals surface area contributed by atoms with E-state index in [9.17, 15) is 18.0 Å².